The van der Waals surface area contributed by atoms with E-state index in [0.29, 0.717) is 12.0 Å². The van der Waals surface area contributed by atoms with Gasteiger partial charge in [0.05, 0.1) is 4.92 Å². The van der Waals surface area contributed by atoms with Crippen molar-refractivity contribution in [1.29, 1.82) is 0 Å². The van der Waals surface area contributed by atoms with Crippen molar-refractivity contribution < 1.29 is 4.92 Å². The first kappa shape index (κ1) is 15.3. The lowest BCUT2D eigenvalue weighted by molar-refractivity contribution is -0.384. The maximum atomic E-state index is 11.0. The van der Waals surface area contributed by atoms with E-state index in [0.717, 1.165) is 31.5 Å². The Morgan fingerprint density at radius 3 is 2.62 bits per heavy atom. The molecule has 4 nitrogen and oxygen atoms in total. The van der Waals surface area contributed by atoms with Crippen molar-refractivity contribution in [2.45, 2.75) is 38.3 Å². The van der Waals surface area contributed by atoms with Crippen LogP contribution in [0.25, 0.3) is 0 Å². The second-order valence-electron chi connectivity index (χ2n) is 7.13. The molecule has 0 amide bonds. The third-order valence-corrected chi connectivity index (χ3v) is 5.51. The van der Waals surface area contributed by atoms with E-state index >= 15 is 0 Å². The fourth-order valence-electron chi connectivity index (χ4n) is 4.30. The maximum absolute atomic E-state index is 11.0. The topological polar surface area (TPSA) is 46.4 Å². The summed E-state index contributed by atoms with van der Waals surface area (Å²) in [5.41, 5.74) is 4.23. The fraction of sp³-hybridized carbons (Fsp3) is 0.400. The molecule has 1 aliphatic carbocycles. The quantitative estimate of drug-likeness (QED) is 0.634. The van der Waals surface area contributed by atoms with Crippen LogP contribution in [0.5, 0.6) is 0 Å². The zero-order valence-electron chi connectivity index (χ0n) is 13.7. The van der Waals surface area contributed by atoms with Gasteiger partial charge >= 0.3 is 0 Å². The standard InChI is InChI=1S/C20H22N2O2/c23-22(24)20-7-3-4-15(11-20)13-21-14-16-8-9-19(21)12-18-6-2-1-5-17(18)10-16/h1-7,11,16,19H,8-10,12-14H2/t16-,19+/m1/s1. The molecule has 2 atom stereocenters. The van der Waals surface area contributed by atoms with E-state index in [1.807, 2.05) is 6.07 Å². The molecule has 2 aromatic rings. The van der Waals surface area contributed by atoms with Crippen LogP contribution in [0.4, 0.5) is 5.69 Å². The Bertz CT molecular complexity index is 759. The summed E-state index contributed by atoms with van der Waals surface area (Å²) in [5.74, 6) is 0.696. The highest BCUT2D eigenvalue weighted by atomic mass is 16.6. The van der Waals surface area contributed by atoms with E-state index in [4.69, 9.17) is 0 Å². The molecule has 0 spiro atoms. The van der Waals surface area contributed by atoms with Crippen molar-refractivity contribution in [2.75, 3.05) is 6.54 Å². The van der Waals surface area contributed by atoms with Gasteiger partial charge in [0.2, 0.25) is 0 Å². The van der Waals surface area contributed by atoms with E-state index in [9.17, 15) is 10.1 Å². The summed E-state index contributed by atoms with van der Waals surface area (Å²) in [4.78, 5) is 13.2. The molecule has 5 rings (SSSR count). The van der Waals surface area contributed by atoms with Gasteiger partial charge < -0.3 is 0 Å². The zero-order chi connectivity index (χ0) is 16.5. The molecular formula is C20H22N2O2. The van der Waals surface area contributed by atoms with Crippen LogP contribution < -0.4 is 0 Å². The van der Waals surface area contributed by atoms with Crippen molar-refractivity contribution >= 4 is 5.69 Å². The minimum Gasteiger partial charge on any atom is -0.296 e. The molecule has 2 heterocycles. The third kappa shape index (κ3) is 3.06. The van der Waals surface area contributed by atoms with Crippen molar-refractivity contribution in [3.05, 3.63) is 75.3 Å². The summed E-state index contributed by atoms with van der Waals surface area (Å²) in [6.07, 6.45) is 4.78. The van der Waals surface area contributed by atoms with Crippen LogP contribution in [-0.4, -0.2) is 22.4 Å². The van der Waals surface area contributed by atoms with Crippen LogP contribution in [0.1, 0.15) is 29.5 Å². The van der Waals surface area contributed by atoms with Crippen LogP contribution in [0.15, 0.2) is 48.5 Å². The van der Waals surface area contributed by atoms with Crippen molar-refractivity contribution in [1.82, 2.24) is 4.90 Å². The molecule has 2 bridgehead atoms. The Labute approximate surface area is 142 Å². The number of rotatable bonds is 3. The normalized spacial score (nSPS) is 23.3. The zero-order valence-corrected chi connectivity index (χ0v) is 13.7. The predicted octanol–water partition coefficient (Wildman–Crippen LogP) is 3.97. The van der Waals surface area contributed by atoms with Crippen LogP contribution in [0, 0.1) is 16.0 Å². The van der Waals surface area contributed by atoms with Gasteiger partial charge in [-0.25, -0.2) is 0 Å². The van der Waals surface area contributed by atoms with E-state index in [1.165, 1.54) is 24.0 Å². The molecular weight excluding hydrogens is 300 g/mol. The summed E-state index contributed by atoms with van der Waals surface area (Å²) < 4.78 is 0. The lowest BCUT2D eigenvalue weighted by Gasteiger charge is -2.42. The fourth-order valence-corrected chi connectivity index (χ4v) is 4.30. The summed E-state index contributed by atoms with van der Waals surface area (Å²) in [7, 11) is 0. The van der Waals surface area contributed by atoms with Crippen molar-refractivity contribution in [3.63, 3.8) is 0 Å². The summed E-state index contributed by atoms with van der Waals surface area (Å²) >= 11 is 0. The molecule has 0 saturated carbocycles. The molecule has 0 aromatic heterocycles. The summed E-state index contributed by atoms with van der Waals surface area (Å²) in [5, 5.41) is 11.0. The minimum atomic E-state index is -0.306. The molecule has 0 unspecified atom stereocenters. The van der Waals surface area contributed by atoms with Gasteiger partial charge in [-0.05, 0) is 48.3 Å². The molecule has 0 N–H and O–H groups in total. The average Bonchev–Trinajstić information content (AvgIpc) is 2.56. The molecule has 24 heavy (non-hydrogen) atoms. The third-order valence-electron chi connectivity index (χ3n) is 5.51. The Morgan fingerprint density at radius 1 is 1.04 bits per heavy atom. The monoisotopic (exact) mass is 322 g/mol. The highest BCUT2D eigenvalue weighted by Gasteiger charge is 2.31. The molecule has 1 saturated heterocycles. The number of benzene rings is 2. The molecule has 2 aromatic carbocycles. The lowest BCUT2D eigenvalue weighted by atomic mass is 9.80. The minimum absolute atomic E-state index is 0.190. The van der Waals surface area contributed by atoms with Gasteiger partial charge in [-0.3, -0.25) is 15.0 Å². The number of non-ortho nitro benzene ring substituents is 1. The smallest absolute Gasteiger partial charge is 0.269 e. The number of hydrogen-bond acceptors (Lipinski definition) is 3. The van der Waals surface area contributed by atoms with E-state index in [2.05, 4.69) is 29.2 Å². The van der Waals surface area contributed by atoms with Crippen LogP contribution >= 0.6 is 0 Å². The van der Waals surface area contributed by atoms with Gasteiger partial charge in [-0.15, -0.1) is 0 Å². The average molecular weight is 322 g/mol. The van der Waals surface area contributed by atoms with Gasteiger partial charge in [-0.1, -0.05) is 36.4 Å². The predicted molar refractivity (Wildman–Crippen MR) is 93.9 cm³/mol. The second-order valence-corrected chi connectivity index (χ2v) is 7.13. The van der Waals surface area contributed by atoms with Gasteiger partial charge in [0, 0.05) is 31.3 Å². The number of nitro benzene ring substituents is 1. The van der Waals surface area contributed by atoms with E-state index < -0.39 is 0 Å². The SMILES string of the molecule is O=[N+]([O-])c1cccc(CN2C[C@@H]3CC[C@H]2Cc2ccccc2C3)c1. The molecule has 124 valence electrons. The van der Waals surface area contributed by atoms with Crippen molar-refractivity contribution in [2.24, 2.45) is 5.92 Å². The number of nitro groups is 1. The molecule has 3 aliphatic rings. The Kier molecular flexibility index (Phi) is 4.07. The Hall–Kier alpha value is -2.20. The van der Waals surface area contributed by atoms with Crippen LogP contribution in [0.2, 0.25) is 0 Å². The van der Waals surface area contributed by atoms with E-state index in [-0.39, 0.29) is 10.6 Å². The van der Waals surface area contributed by atoms with Gasteiger partial charge in [0.15, 0.2) is 0 Å². The summed E-state index contributed by atoms with van der Waals surface area (Å²) in [6.45, 7) is 1.91. The lowest BCUT2D eigenvalue weighted by Crippen LogP contribution is -2.46. The largest absolute Gasteiger partial charge is 0.296 e. The highest BCUT2D eigenvalue weighted by molar-refractivity contribution is 5.34. The first-order chi connectivity index (χ1) is 11.7. The maximum Gasteiger partial charge on any atom is 0.269 e. The number of nitrogens with zero attached hydrogens (tertiary/aromatic N) is 2. The number of hydrogen-bond donors (Lipinski definition) is 0. The number of piperidine rings is 1. The highest BCUT2D eigenvalue weighted by Crippen LogP contribution is 2.33. The van der Waals surface area contributed by atoms with Crippen molar-refractivity contribution in [3.8, 4) is 0 Å². The molecule has 4 heteroatoms. The van der Waals surface area contributed by atoms with Crippen LogP contribution in [-0.2, 0) is 19.4 Å². The Balaban J connectivity index is 1.57. The molecule has 2 aliphatic heterocycles. The van der Waals surface area contributed by atoms with Crippen LogP contribution in [0.3, 0.4) is 0 Å². The Morgan fingerprint density at radius 2 is 1.83 bits per heavy atom. The molecule has 1 fully saturated rings. The van der Waals surface area contributed by atoms with Gasteiger partial charge in [-0.2, -0.15) is 0 Å². The number of fused-ring (bicyclic) bond motifs is 2. The first-order valence-corrected chi connectivity index (χ1v) is 8.73. The summed E-state index contributed by atoms with van der Waals surface area (Å²) in [6, 6.07) is 16.5. The van der Waals surface area contributed by atoms with E-state index in [1.54, 1.807) is 18.2 Å². The molecule has 0 radical (unpaired) electrons. The second kappa shape index (κ2) is 6.36. The van der Waals surface area contributed by atoms with Gasteiger partial charge in [0.25, 0.3) is 5.69 Å². The van der Waals surface area contributed by atoms with Gasteiger partial charge in [0.1, 0.15) is 0 Å². The first-order valence-electron chi connectivity index (χ1n) is 8.73.